The maximum atomic E-state index is 12.4. The number of aliphatic hydroxyl groups is 1. The van der Waals surface area contributed by atoms with Crippen molar-refractivity contribution in [2.24, 2.45) is 29.6 Å². The van der Waals surface area contributed by atoms with E-state index in [0.29, 0.717) is 12.8 Å². The molecule has 5 rings (SSSR count). The fourth-order valence-corrected chi connectivity index (χ4v) is 4.92. The van der Waals surface area contributed by atoms with Crippen molar-refractivity contribution >= 4 is 17.5 Å². The number of carbonyl (C=O) groups is 3. The lowest BCUT2D eigenvalue weighted by molar-refractivity contribution is -0.153. The highest BCUT2D eigenvalue weighted by Gasteiger charge is 2.47. The quantitative estimate of drug-likeness (QED) is 0.414. The zero-order valence-corrected chi connectivity index (χ0v) is 13.7. The number of rotatable bonds is 0. The van der Waals surface area contributed by atoms with E-state index in [2.05, 4.69) is 0 Å². The molecule has 0 radical (unpaired) electrons. The van der Waals surface area contributed by atoms with Crippen LogP contribution in [0, 0.1) is 29.6 Å². The van der Waals surface area contributed by atoms with E-state index in [1.165, 1.54) is 0 Å². The lowest BCUT2D eigenvalue weighted by Gasteiger charge is -2.37. The second kappa shape index (κ2) is 5.66. The van der Waals surface area contributed by atoms with Gasteiger partial charge >= 0.3 is 5.97 Å². The third-order valence-electron chi connectivity index (χ3n) is 6.10. The molecule has 2 bridgehead atoms. The molecule has 2 aliphatic heterocycles. The normalized spacial score (nSPS) is 46.8. The van der Waals surface area contributed by atoms with Crippen LogP contribution < -0.4 is 0 Å². The fraction of sp³-hybridized carbons (Fsp3) is 0.632. The highest BCUT2D eigenvalue weighted by atomic mass is 16.5. The third kappa shape index (κ3) is 2.46. The Morgan fingerprint density at radius 3 is 2.67 bits per heavy atom. The number of Topliss-reactive ketones (excluding diaryl/α,β-unsaturated/α-hetero) is 2. The summed E-state index contributed by atoms with van der Waals surface area (Å²) in [5.74, 6) is -0.610. The molecule has 128 valence electrons. The summed E-state index contributed by atoms with van der Waals surface area (Å²) in [5, 5.41) is 10.4. The Morgan fingerprint density at radius 1 is 1.12 bits per heavy atom. The van der Waals surface area contributed by atoms with Crippen molar-refractivity contribution < 1.29 is 24.2 Å². The van der Waals surface area contributed by atoms with Crippen LogP contribution in [0.4, 0.5) is 0 Å². The van der Waals surface area contributed by atoms with Crippen molar-refractivity contribution in [2.75, 3.05) is 0 Å². The smallest absolute Gasteiger partial charge is 0.341 e. The number of ether oxygens (including phenoxy) is 1. The number of ketones is 2. The molecule has 1 N–H and O–H groups in total. The van der Waals surface area contributed by atoms with Crippen molar-refractivity contribution in [1.82, 2.24) is 0 Å². The van der Waals surface area contributed by atoms with Crippen LogP contribution in [-0.4, -0.2) is 34.9 Å². The predicted molar refractivity (Wildman–Crippen MR) is 84.7 cm³/mol. The first kappa shape index (κ1) is 15.8. The van der Waals surface area contributed by atoms with Gasteiger partial charge < -0.3 is 9.84 Å². The van der Waals surface area contributed by atoms with Crippen molar-refractivity contribution in [3.05, 3.63) is 23.8 Å². The molecule has 3 aliphatic carbocycles. The van der Waals surface area contributed by atoms with Gasteiger partial charge in [-0.25, -0.2) is 4.79 Å². The Labute approximate surface area is 140 Å². The number of allylic oxidation sites excluding steroid dienone is 3. The van der Waals surface area contributed by atoms with Gasteiger partial charge in [0.15, 0.2) is 5.78 Å². The van der Waals surface area contributed by atoms with Gasteiger partial charge in [0, 0.05) is 24.7 Å². The van der Waals surface area contributed by atoms with Gasteiger partial charge in [0.1, 0.15) is 11.9 Å². The van der Waals surface area contributed by atoms with Crippen molar-refractivity contribution in [3.8, 4) is 0 Å². The average molecular weight is 330 g/mol. The lowest BCUT2D eigenvalue weighted by Crippen LogP contribution is -2.39. The standard InChI is InChI=1S/C19H22O5/c1-9-4-15-13(18(9)22)3-2-10-5-11(20)6-12-7-17(21)16(8-14(10)15)19(23)24-12/h2-3,8-15,20H,4-7H2,1H3/b16-8+. The Kier molecular flexibility index (Phi) is 3.71. The van der Waals surface area contributed by atoms with E-state index >= 15 is 0 Å². The monoisotopic (exact) mass is 330 g/mol. The third-order valence-corrected chi connectivity index (χ3v) is 6.10. The highest BCUT2D eigenvalue weighted by molar-refractivity contribution is 6.18. The lowest BCUT2D eigenvalue weighted by atomic mass is 9.68. The molecule has 0 aromatic carbocycles. The minimum atomic E-state index is -0.619. The molecule has 0 amide bonds. The summed E-state index contributed by atoms with van der Waals surface area (Å²) in [6, 6.07) is 0. The molecular weight excluding hydrogens is 308 g/mol. The predicted octanol–water partition coefficient (Wildman–Crippen LogP) is 1.60. The fourth-order valence-electron chi connectivity index (χ4n) is 4.92. The van der Waals surface area contributed by atoms with Gasteiger partial charge in [0.05, 0.1) is 11.7 Å². The zero-order valence-electron chi connectivity index (χ0n) is 13.7. The molecule has 24 heavy (non-hydrogen) atoms. The molecule has 5 heteroatoms. The van der Waals surface area contributed by atoms with Crippen LogP contribution in [-0.2, 0) is 19.1 Å². The summed E-state index contributed by atoms with van der Waals surface area (Å²) in [6.45, 7) is 1.94. The number of hydrogen-bond acceptors (Lipinski definition) is 5. The Hall–Kier alpha value is -1.75. The van der Waals surface area contributed by atoms with Gasteiger partial charge in [-0.05, 0) is 30.6 Å². The van der Waals surface area contributed by atoms with E-state index in [0.717, 1.165) is 6.42 Å². The number of carbonyl (C=O) groups excluding carboxylic acids is 3. The molecule has 2 fully saturated rings. The first-order chi connectivity index (χ1) is 11.4. The molecule has 0 aromatic rings. The number of fused-ring (bicyclic) bond motifs is 5. The average Bonchev–Trinajstić information content (AvgIpc) is 2.79. The van der Waals surface area contributed by atoms with Gasteiger partial charge in [0.25, 0.3) is 0 Å². The minimum Gasteiger partial charge on any atom is -0.458 e. The van der Waals surface area contributed by atoms with E-state index in [4.69, 9.17) is 4.74 Å². The van der Waals surface area contributed by atoms with E-state index in [-0.39, 0.29) is 53.1 Å². The summed E-state index contributed by atoms with van der Waals surface area (Å²) in [6.07, 6.45) is 6.36. The van der Waals surface area contributed by atoms with E-state index in [1.54, 1.807) is 6.08 Å². The maximum Gasteiger partial charge on any atom is 0.341 e. The minimum absolute atomic E-state index is 0.000480. The number of hydrogen-bond donors (Lipinski definition) is 1. The molecule has 7 unspecified atom stereocenters. The first-order valence-corrected chi connectivity index (χ1v) is 8.80. The van der Waals surface area contributed by atoms with Crippen LogP contribution in [0.5, 0.6) is 0 Å². The van der Waals surface area contributed by atoms with Crippen molar-refractivity contribution in [3.63, 3.8) is 0 Å². The summed E-state index contributed by atoms with van der Waals surface area (Å²) in [4.78, 5) is 37.0. The largest absolute Gasteiger partial charge is 0.458 e. The van der Waals surface area contributed by atoms with E-state index in [1.807, 2.05) is 19.1 Å². The van der Waals surface area contributed by atoms with Crippen molar-refractivity contribution in [2.45, 2.75) is 44.8 Å². The van der Waals surface area contributed by atoms with Gasteiger partial charge in [-0.2, -0.15) is 0 Å². The molecule has 2 heterocycles. The summed E-state index contributed by atoms with van der Waals surface area (Å²) in [5.41, 5.74) is 0.138. The second-order valence-electron chi connectivity index (χ2n) is 7.72. The molecule has 1 saturated heterocycles. The molecule has 5 nitrogen and oxygen atoms in total. The summed E-state index contributed by atoms with van der Waals surface area (Å²) >= 11 is 0. The topological polar surface area (TPSA) is 80.7 Å². The zero-order chi connectivity index (χ0) is 17.0. The first-order valence-electron chi connectivity index (χ1n) is 8.80. The van der Waals surface area contributed by atoms with Gasteiger partial charge in [-0.15, -0.1) is 0 Å². The Balaban J connectivity index is 1.77. The SMILES string of the molecule is CC1CC2C(C=CC3CC(O)CC4CC(=O)/C(=C\C32)C(=O)O4)C1=O. The number of aliphatic hydroxyl groups excluding tert-OH is 1. The van der Waals surface area contributed by atoms with Gasteiger partial charge in [-0.1, -0.05) is 25.2 Å². The maximum absolute atomic E-state index is 12.4. The van der Waals surface area contributed by atoms with Crippen LogP contribution in [0.15, 0.2) is 23.8 Å². The van der Waals surface area contributed by atoms with Gasteiger partial charge in [-0.3, -0.25) is 9.59 Å². The van der Waals surface area contributed by atoms with E-state index < -0.39 is 18.2 Å². The number of esters is 1. The molecular formula is C19H22O5. The highest BCUT2D eigenvalue weighted by Crippen LogP contribution is 2.47. The molecule has 0 spiro atoms. The molecule has 5 aliphatic rings. The summed E-state index contributed by atoms with van der Waals surface area (Å²) < 4.78 is 5.33. The van der Waals surface area contributed by atoms with Crippen LogP contribution in [0.1, 0.15) is 32.6 Å². The Morgan fingerprint density at radius 2 is 1.92 bits per heavy atom. The van der Waals surface area contributed by atoms with Gasteiger partial charge in [0.2, 0.25) is 0 Å². The van der Waals surface area contributed by atoms with Crippen LogP contribution >= 0.6 is 0 Å². The summed E-state index contributed by atoms with van der Waals surface area (Å²) in [7, 11) is 0. The Bertz CT molecular complexity index is 641. The van der Waals surface area contributed by atoms with Crippen LogP contribution in [0.2, 0.25) is 0 Å². The van der Waals surface area contributed by atoms with Crippen LogP contribution in [0.3, 0.4) is 0 Å². The molecule has 1 saturated carbocycles. The molecule has 0 aromatic heterocycles. The van der Waals surface area contributed by atoms with Crippen LogP contribution in [0.25, 0.3) is 0 Å². The van der Waals surface area contributed by atoms with E-state index in [9.17, 15) is 19.5 Å². The second-order valence-corrected chi connectivity index (χ2v) is 7.72. The molecule has 7 atom stereocenters. The van der Waals surface area contributed by atoms with Crippen molar-refractivity contribution in [1.29, 1.82) is 0 Å².